The van der Waals surface area contributed by atoms with Gasteiger partial charge in [0, 0.05) is 30.8 Å². The fraction of sp³-hybridized carbons (Fsp3) is 0.233. The fourth-order valence-corrected chi connectivity index (χ4v) is 5.87. The third-order valence-electron chi connectivity index (χ3n) is 6.70. The van der Waals surface area contributed by atoms with E-state index < -0.39 is 12.0 Å². The Morgan fingerprint density at radius 2 is 1.77 bits per heavy atom. The average molecular weight is 542 g/mol. The first kappa shape index (κ1) is 25.1. The predicted octanol–water partition coefficient (Wildman–Crippen LogP) is 3.37. The van der Waals surface area contributed by atoms with Gasteiger partial charge in [-0.05, 0) is 18.6 Å². The molecule has 0 saturated carbocycles. The maximum absolute atomic E-state index is 13.9. The van der Waals surface area contributed by atoms with Crippen LogP contribution in [0.3, 0.4) is 0 Å². The first-order valence-corrected chi connectivity index (χ1v) is 13.7. The van der Waals surface area contributed by atoms with E-state index in [0.717, 1.165) is 30.1 Å². The molecular formula is C30H27N3O5S. The number of thiazole rings is 1. The highest BCUT2D eigenvalue weighted by Crippen LogP contribution is 2.35. The molecule has 8 nitrogen and oxygen atoms in total. The van der Waals surface area contributed by atoms with Gasteiger partial charge in [0.05, 0.1) is 41.7 Å². The summed E-state index contributed by atoms with van der Waals surface area (Å²) in [5.74, 6) is 0.825. The van der Waals surface area contributed by atoms with E-state index >= 15 is 0 Å². The third-order valence-corrected chi connectivity index (χ3v) is 7.68. The van der Waals surface area contributed by atoms with Gasteiger partial charge < -0.3 is 18.8 Å². The zero-order valence-electron chi connectivity index (χ0n) is 21.4. The zero-order chi connectivity index (χ0) is 26.8. The molecule has 0 spiro atoms. The number of rotatable bonds is 6. The number of aromatic nitrogens is 1. The molecule has 1 atom stereocenters. The number of esters is 1. The summed E-state index contributed by atoms with van der Waals surface area (Å²) in [5.41, 5.74) is 2.17. The Bertz CT molecular complexity index is 1700. The number of hydrogen-bond acceptors (Lipinski definition) is 8. The van der Waals surface area contributed by atoms with Crippen LogP contribution in [0.5, 0.6) is 0 Å². The van der Waals surface area contributed by atoms with Crippen LogP contribution in [0.25, 0.3) is 11.8 Å². The smallest absolute Gasteiger partial charge is 0.338 e. The number of morpholine rings is 1. The Morgan fingerprint density at radius 1 is 1.05 bits per heavy atom. The molecule has 2 aliphatic rings. The van der Waals surface area contributed by atoms with Crippen molar-refractivity contribution in [2.45, 2.75) is 13.0 Å². The Kier molecular flexibility index (Phi) is 7.00. The normalized spacial score (nSPS) is 17.6. The van der Waals surface area contributed by atoms with Crippen molar-refractivity contribution in [3.63, 3.8) is 0 Å². The van der Waals surface area contributed by atoms with Gasteiger partial charge in [0.15, 0.2) is 10.7 Å². The van der Waals surface area contributed by atoms with E-state index in [1.165, 1.54) is 11.3 Å². The summed E-state index contributed by atoms with van der Waals surface area (Å²) in [4.78, 5) is 34.9. The molecule has 1 saturated heterocycles. The lowest BCUT2D eigenvalue weighted by Gasteiger charge is -2.26. The summed E-state index contributed by atoms with van der Waals surface area (Å²) in [6.07, 6.45) is 1.74. The van der Waals surface area contributed by atoms with Gasteiger partial charge in [-0.2, -0.15) is 0 Å². The molecule has 6 rings (SSSR count). The van der Waals surface area contributed by atoms with E-state index in [-0.39, 0.29) is 12.2 Å². The second-order valence-electron chi connectivity index (χ2n) is 9.12. The van der Waals surface area contributed by atoms with E-state index in [1.54, 1.807) is 17.6 Å². The number of carbonyl (C=O) groups excluding carboxylic acids is 1. The molecule has 4 aromatic rings. The minimum atomic E-state index is -0.695. The number of hydrogen-bond donors (Lipinski definition) is 0. The highest BCUT2D eigenvalue weighted by atomic mass is 32.1. The fourth-order valence-electron chi connectivity index (χ4n) is 4.89. The molecule has 2 aromatic carbocycles. The molecule has 0 amide bonds. The van der Waals surface area contributed by atoms with E-state index in [4.69, 9.17) is 18.9 Å². The minimum Gasteiger partial charge on any atom is -0.463 e. The van der Waals surface area contributed by atoms with Gasteiger partial charge in [-0.25, -0.2) is 9.79 Å². The van der Waals surface area contributed by atoms with Crippen LogP contribution in [0.15, 0.2) is 92.6 Å². The molecular weight excluding hydrogens is 514 g/mol. The molecule has 39 heavy (non-hydrogen) atoms. The van der Waals surface area contributed by atoms with Gasteiger partial charge in [-0.15, -0.1) is 0 Å². The van der Waals surface area contributed by atoms with Crippen molar-refractivity contribution in [3.8, 4) is 0 Å². The van der Waals surface area contributed by atoms with Crippen LogP contribution < -0.4 is 19.8 Å². The molecule has 9 heteroatoms. The van der Waals surface area contributed by atoms with Gasteiger partial charge in [-0.3, -0.25) is 9.36 Å². The maximum Gasteiger partial charge on any atom is 0.338 e. The van der Waals surface area contributed by atoms with Gasteiger partial charge in [0.2, 0.25) is 0 Å². The van der Waals surface area contributed by atoms with Crippen molar-refractivity contribution in [1.82, 2.24) is 4.57 Å². The lowest BCUT2D eigenvalue weighted by atomic mass is 9.93. The molecule has 2 aromatic heterocycles. The molecule has 198 valence electrons. The summed E-state index contributed by atoms with van der Waals surface area (Å²) < 4.78 is 19.1. The van der Waals surface area contributed by atoms with Gasteiger partial charge in [-0.1, -0.05) is 72.0 Å². The van der Waals surface area contributed by atoms with Crippen LogP contribution in [0.1, 0.15) is 29.9 Å². The maximum atomic E-state index is 13.9. The predicted molar refractivity (Wildman–Crippen MR) is 149 cm³/mol. The number of furan rings is 1. The largest absolute Gasteiger partial charge is 0.463 e. The Balaban J connectivity index is 1.53. The minimum absolute atomic E-state index is 0.209. The van der Waals surface area contributed by atoms with Crippen molar-refractivity contribution < 1.29 is 18.7 Å². The zero-order valence-corrected chi connectivity index (χ0v) is 22.2. The van der Waals surface area contributed by atoms with Crippen LogP contribution in [0.2, 0.25) is 0 Å². The van der Waals surface area contributed by atoms with Gasteiger partial charge in [0.25, 0.3) is 5.56 Å². The number of carbonyl (C=O) groups is 1. The number of ether oxygens (including phenoxy) is 2. The molecule has 0 bridgehead atoms. The molecule has 0 aliphatic carbocycles. The third kappa shape index (κ3) is 4.86. The van der Waals surface area contributed by atoms with E-state index in [0.29, 0.717) is 39.6 Å². The molecule has 1 fully saturated rings. The number of fused-ring (bicyclic) bond motifs is 1. The van der Waals surface area contributed by atoms with Crippen LogP contribution in [0.4, 0.5) is 5.88 Å². The molecule has 1 unspecified atom stereocenters. The van der Waals surface area contributed by atoms with Crippen molar-refractivity contribution in [2.75, 3.05) is 37.8 Å². The van der Waals surface area contributed by atoms with Gasteiger partial charge >= 0.3 is 5.97 Å². The quantitative estimate of drug-likeness (QED) is 0.348. The SMILES string of the molecule is CCOC(=O)C1=C(c2ccccc2)N=c2s/c(=C\c3ccc(N4CCOCC4)o3)c(=O)n2C1c1ccccc1. The van der Waals surface area contributed by atoms with Crippen molar-refractivity contribution in [2.24, 2.45) is 4.99 Å². The topological polar surface area (TPSA) is 86.3 Å². The molecule has 0 radical (unpaired) electrons. The summed E-state index contributed by atoms with van der Waals surface area (Å²) in [6, 6.07) is 22.1. The first-order chi connectivity index (χ1) is 19.1. The highest BCUT2D eigenvalue weighted by molar-refractivity contribution is 7.07. The van der Waals surface area contributed by atoms with Crippen LogP contribution >= 0.6 is 11.3 Å². The van der Waals surface area contributed by atoms with Crippen LogP contribution in [0, 0.1) is 0 Å². The summed E-state index contributed by atoms with van der Waals surface area (Å²) >= 11 is 1.27. The van der Waals surface area contributed by atoms with Crippen molar-refractivity contribution in [1.29, 1.82) is 0 Å². The standard InChI is InChI=1S/C30H27N3O5S/c1-2-37-29(35)25-26(20-9-5-3-6-10-20)31-30-33(27(25)21-11-7-4-8-12-21)28(34)23(39-30)19-22-13-14-24(38-22)32-15-17-36-18-16-32/h3-14,19,27H,2,15-18H2,1H3/b23-19-. The lowest BCUT2D eigenvalue weighted by Crippen LogP contribution is -2.39. The number of nitrogens with zero attached hydrogens (tertiary/aromatic N) is 3. The summed E-state index contributed by atoms with van der Waals surface area (Å²) in [6.45, 7) is 4.79. The van der Waals surface area contributed by atoms with E-state index in [1.807, 2.05) is 72.8 Å². The number of anilines is 1. The molecule has 4 heterocycles. The highest BCUT2D eigenvalue weighted by Gasteiger charge is 2.35. The first-order valence-electron chi connectivity index (χ1n) is 12.9. The van der Waals surface area contributed by atoms with Gasteiger partial charge in [0.1, 0.15) is 5.76 Å². The Labute approximate surface area is 228 Å². The van der Waals surface area contributed by atoms with Crippen LogP contribution in [-0.2, 0) is 14.3 Å². The summed E-state index contributed by atoms with van der Waals surface area (Å²) in [7, 11) is 0. The summed E-state index contributed by atoms with van der Waals surface area (Å²) in [5, 5.41) is 0. The second kappa shape index (κ2) is 10.9. The van der Waals surface area contributed by atoms with Crippen molar-refractivity contribution in [3.05, 3.63) is 115 Å². The Morgan fingerprint density at radius 3 is 2.49 bits per heavy atom. The average Bonchev–Trinajstić information content (AvgIpc) is 3.58. The van der Waals surface area contributed by atoms with E-state index in [2.05, 4.69) is 4.90 Å². The number of benzene rings is 2. The lowest BCUT2D eigenvalue weighted by molar-refractivity contribution is -0.138. The Hall–Kier alpha value is -4.21. The van der Waals surface area contributed by atoms with Crippen molar-refractivity contribution >= 4 is 35.0 Å². The van der Waals surface area contributed by atoms with E-state index in [9.17, 15) is 9.59 Å². The van der Waals surface area contributed by atoms with Crippen LogP contribution in [-0.4, -0.2) is 43.4 Å². The molecule has 2 aliphatic heterocycles. The second-order valence-corrected chi connectivity index (χ2v) is 10.1. The molecule has 0 N–H and O–H groups in total. The monoisotopic (exact) mass is 541 g/mol.